The van der Waals surface area contributed by atoms with Crippen molar-refractivity contribution in [3.63, 3.8) is 0 Å². The molecule has 4 heterocycles. The van der Waals surface area contributed by atoms with Gasteiger partial charge >= 0.3 is 0 Å². The molecule has 1 aromatic carbocycles. The Bertz CT molecular complexity index is 1280. The number of hydrogen-bond acceptors (Lipinski definition) is 6. The van der Waals surface area contributed by atoms with Crippen LogP contribution in [0.5, 0.6) is 5.75 Å². The molecular weight excluding hydrogens is 460 g/mol. The number of aryl methyl sites for hydroxylation is 1. The molecule has 3 aromatic rings. The maximum absolute atomic E-state index is 13.2. The average molecular weight is 493 g/mol. The number of piperidine rings is 1. The molecule has 1 saturated heterocycles. The number of carbonyl (C=O) groups excluding carboxylic acids is 2. The van der Waals surface area contributed by atoms with Crippen molar-refractivity contribution in [3.8, 4) is 5.75 Å². The van der Waals surface area contributed by atoms with Crippen LogP contribution in [-0.2, 0) is 22.0 Å². The highest BCUT2D eigenvalue weighted by Gasteiger charge is 2.49. The van der Waals surface area contributed by atoms with Gasteiger partial charge in [-0.3, -0.25) is 14.6 Å². The Balaban J connectivity index is 1.59. The van der Waals surface area contributed by atoms with Crippen molar-refractivity contribution in [2.45, 2.75) is 24.3 Å². The minimum atomic E-state index is -0.482. The molecule has 5 rings (SSSR count). The van der Waals surface area contributed by atoms with Crippen LogP contribution in [0.25, 0.3) is 10.9 Å². The summed E-state index contributed by atoms with van der Waals surface area (Å²) in [4.78, 5) is 34.1. The molecule has 0 aliphatic carbocycles. The van der Waals surface area contributed by atoms with Crippen molar-refractivity contribution in [2.75, 3.05) is 47.1 Å². The molecule has 0 bridgehead atoms. The number of aliphatic hydroxyl groups is 1. The quantitative estimate of drug-likeness (QED) is 0.587. The number of likely N-dealkylation sites (tertiary alicyclic amines) is 1. The number of aliphatic hydroxyl groups excluding tert-OH is 1. The molecule has 1 spiro atoms. The molecule has 1 atom stereocenters. The van der Waals surface area contributed by atoms with Gasteiger partial charge in [0.05, 0.1) is 25.3 Å². The normalized spacial score (nSPS) is 18.9. The van der Waals surface area contributed by atoms with E-state index >= 15 is 0 Å². The molecule has 1 N–H and O–H groups in total. The third kappa shape index (κ3) is 3.83. The number of fused-ring (bicyclic) bond motifs is 4. The number of rotatable bonds is 5. The van der Waals surface area contributed by atoms with Gasteiger partial charge in [0.1, 0.15) is 18.1 Å². The summed E-state index contributed by atoms with van der Waals surface area (Å²) in [5, 5.41) is 11.6. The van der Waals surface area contributed by atoms with Crippen LogP contribution in [0.15, 0.2) is 42.6 Å². The fourth-order valence-corrected chi connectivity index (χ4v) is 6.02. The Morgan fingerprint density at radius 2 is 1.94 bits per heavy atom. The summed E-state index contributed by atoms with van der Waals surface area (Å²) < 4.78 is 12.7. The van der Waals surface area contributed by atoms with Crippen molar-refractivity contribution in [1.82, 2.24) is 19.4 Å². The van der Waals surface area contributed by atoms with E-state index < -0.39 is 6.04 Å². The monoisotopic (exact) mass is 492 g/mol. The zero-order valence-electron chi connectivity index (χ0n) is 20.9. The van der Waals surface area contributed by atoms with Crippen molar-refractivity contribution in [1.29, 1.82) is 0 Å². The predicted molar refractivity (Wildman–Crippen MR) is 134 cm³/mol. The number of benzene rings is 1. The summed E-state index contributed by atoms with van der Waals surface area (Å²) in [5.41, 5.74) is 3.16. The molecule has 190 valence electrons. The first-order chi connectivity index (χ1) is 17.4. The van der Waals surface area contributed by atoms with E-state index in [1.54, 1.807) is 30.3 Å². The number of methoxy groups -OCH3 is 2. The molecule has 9 heteroatoms. The van der Waals surface area contributed by atoms with E-state index in [4.69, 9.17) is 9.47 Å². The lowest BCUT2D eigenvalue weighted by molar-refractivity contribution is -0.141. The van der Waals surface area contributed by atoms with Crippen LogP contribution >= 0.6 is 0 Å². The van der Waals surface area contributed by atoms with Gasteiger partial charge in [0.15, 0.2) is 0 Å². The highest BCUT2D eigenvalue weighted by atomic mass is 16.5. The minimum Gasteiger partial charge on any atom is -0.497 e. The van der Waals surface area contributed by atoms with E-state index in [9.17, 15) is 14.7 Å². The van der Waals surface area contributed by atoms with E-state index in [-0.39, 0.29) is 30.4 Å². The maximum Gasteiger partial charge on any atom is 0.272 e. The smallest absolute Gasteiger partial charge is 0.272 e. The average Bonchev–Trinajstić information content (AvgIpc) is 3.22. The number of ether oxygens (including phenoxy) is 2. The molecule has 36 heavy (non-hydrogen) atoms. The molecule has 2 aliphatic heterocycles. The van der Waals surface area contributed by atoms with Gasteiger partial charge in [-0.15, -0.1) is 0 Å². The topological polar surface area (TPSA) is 97.1 Å². The molecule has 0 saturated carbocycles. The Morgan fingerprint density at radius 1 is 1.17 bits per heavy atom. The first-order valence-electron chi connectivity index (χ1n) is 12.2. The summed E-state index contributed by atoms with van der Waals surface area (Å²) in [6.07, 6.45) is 3.02. The van der Waals surface area contributed by atoms with E-state index in [2.05, 4.69) is 15.6 Å². The van der Waals surface area contributed by atoms with Crippen LogP contribution in [0.4, 0.5) is 0 Å². The summed E-state index contributed by atoms with van der Waals surface area (Å²) in [5.74, 6) is 0.513. The van der Waals surface area contributed by atoms with Crippen LogP contribution < -0.4 is 4.74 Å². The van der Waals surface area contributed by atoms with Gasteiger partial charge in [0.25, 0.3) is 5.91 Å². The summed E-state index contributed by atoms with van der Waals surface area (Å²) >= 11 is 0. The second kappa shape index (κ2) is 9.55. The highest BCUT2D eigenvalue weighted by Crippen LogP contribution is 2.50. The van der Waals surface area contributed by atoms with Gasteiger partial charge < -0.3 is 28.9 Å². The Hall–Kier alpha value is -3.43. The standard InChI is InChI=1S/C27H32N4O5/c1-29-21-14-18(36-3)7-8-19(21)24-25(29)22(15-32)31(23(33)16-35-2)17-27(24)9-12-30(13-10-27)26(34)20-6-4-5-11-28-20/h4-8,11,14,22,32H,9-10,12-13,15-17H2,1-3H3/t22-/m0/s1. The second-order valence-electron chi connectivity index (χ2n) is 9.64. The number of aromatic nitrogens is 2. The zero-order valence-corrected chi connectivity index (χ0v) is 20.9. The second-order valence-corrected chi connectivity index (χ2v) is 9.64. The van der Waals surface area contributed by atoms with Gasteiger partial charge in [0.2, 0.25) is 5.91 Å². The highest BCUT2D eigenvalue weighted by molar-refractivity contribution is 5.93. The summed E-state index contributed by atoms with van der Waals surface area (Å²) in [7, 11) is 5.12. The number of amides is 2. The number of pyridine rings is 1. The third-order valence-electron chi connectivity index (χ3n) is 7.80. The molecule has 9 nitrogen and oxygen atoms in total. The van der Waals surface area contributed by atoms with Crippen molar-refractivity contribution in [3.05, 3.63) is 59.5 Å². The van der Waals surface area contributed by atoms with E-state index in [0.29, 0.717) is 38.2 Å². The molecule has 2 amide bonds. The largest absolute Gasteiger partial charge is 0.497 e. The van der Waals surface area contributed by atoms with Gasteiger partial charge in [-0.25, -0.2) is 0 Å². The van der Waals surface area contributed by atoms with Crippen LogP contribution in [0.1, 0.15) is 40.6 Å². The van der Waals surface area contributed by atoms with Crippen LogP contribution in [-0.4, -0.2) is 83.3 Å². The predicted octanol–water partition coefficient (Wildman–Crippen LogP) is 2.28. The van der Waals surface area contributed by atoms with Gasteiger partial charge in [0, 0.05) is 62.6 Å². The van der Waals surface area contributed by atoms with Crippen LogP contribution in [0.3, 0.4) is 0 Å². The number of nitrogens with zero attached hydrogens (tertiary/aromatic N) is 4. The Labute approximate surface area is 210 Å². The lowest BCUT2D eigenvalue weighted by atomic mass is 9.68. The Morgan fingerprint density at radius 3 is 2.58 bits per heavy atom. The van der Waals surface area contributed by atoms with E-state index in [1.807, 2.05) is 30.1 Å². The van der Waals surface area contributed by atoms with E-state index in [1.165, 1.54) is 7.11 Å². The van der Waals surface area contributed by atoms with Gasteiger partial charge in [-0.2, -0.15) is 0 Å². The minimum absolute atomic E-state index is 0.0516. The number of hydrogen-bond donors (Lipinski definition) is 1. The van der Waals surface area contributed by atoms with Crippen LogP contribution in [0, 0.1) is 0 Å². The molecular formula is C27H32N4O5. The molecule has 0 unspecified atom stereocenters. The molecule has 0 radical (unpaired) electrons. The van der Waals surface area contributed by atoms with Crippen molar-refractivity contribution < 1.29 is 24.2 Å². The van der Waals surface area contributed by atoms with E-state index in [0.717, 1.165) is 27.9 Å². The van der Waals surface area contributed by atoms with Gasteiger partial charge in [-0.05, 0) is 42.7 Å². The molecule has 2 aliphatic rings. The SMILES string of the molecule is COCC(=O)N1CC2(CCN(C(=O)c3ccccn3)CC2)c2c(n(C)c3cc(OC)ccc23)[C@@H]1CO. The Kier molecular flexibility index (Phi) is 6.44. The van der Waals surface area contributed by atoms with Gasteiger partial charge in [-0.1, -0.05) is 6.07 Å². The summed E-state index contributed by atoms with van der Waals surface area (Å²) in [6, 6.07) is 10.9. The van der Waals surface area contributed by atoms with Crippen molar-refractivity contribution >= 4 is 22.7 Å². The molecule has 2 aromatic heterocycles. The molecule has 1 fully saturated rings. The first kappa shape index (κ1) is 24.3. The fraction of sp³-hybridized carbons (Fsp3) is 0.444. The first-order valence-corrected chi connectivity index (χ1v) is 12.2. The fourth-order valence-electron chi connectivity index (χ4n) is 6.02. The van der Waals surface area contributed by atoms with Crippen LogP contribution in [0.2, 0.25) is 0 Å². The number of carbonyl (C=O) groups is 2. The maximum atomic E-state index is 13.2. The lowest BCUT2D eigenvalue weighted by Crippen LogP contribution is -2.56. The third-order valence-corrected chi connectivity index (χ3v) is 7.80. The zero-order chi connectivity index (χ0) is 25.4. The summed E-state index contributed by atoms with van der Waals surface area (Å²) in [6.45, 7) is 1.33. The lowest BCUT2D eigenvalue weighted by Gasteiger charge is -2.50. The van der Waals surface area contributed by atoms with Crippen molar-refractivity contribution in [2.24, 2.45) is 7.05 Å².